The summed E-state index contributed by atoms with van der Waals surface area (Å²) in [6.07, 6.45) is 8.08. The molecule has 0 saturated heterocycles. The van der Waals surface area contributed by atoms with E-state index < -0.39 is 16.4 Å². The van der Waals surface area contributed by atoms with E-state index in [9.17, 15) is 0 Å². The minimum atomic E-state index is -1.41. The zero-order valence-electron chi connectivity index (χ0n) is 19.6. The molecule has 1 aliphatic heterocycles. The molecule has 167 valence electrons. The normalized spacial score (nSPS) is 15.9. The summed E-state index contributed by atoms with van der Waals surface area (Å²) in [5.41, 5.74) is 4.68. The van der Waals surface area contributed by atoms with Crippen molar-refractivity contribution < 1.29 is 55.4 Å². The van der Waals surface area contributed by atoms with Crippen LogP contribution < -0.4 is 35.2 Å². The van der Waals surface area contributed by atoms with Crippen molar-refractivity contribution in [2.45, 2.75) is 52.0 Å². The topological polar surface area (TPSA) is 9.23 Å². The number of halogens is 2. The summed E-state index contributed by atoms with van der Waals surface area (Å²) in [7, 11) is -2.82. The summed E-state index contributed by atoms with van der Waals surface area (Å²) in [6.45, 7) is 12.8. The van der Waals surface area contributed by atoms with Gasteiger partial charge in [0.15, 0.2) is 8.32 Å². The van der Waals surface area contributed by atoms with Crippen LogP contribution in [-0.4, -0.2) is 23.0 Å². The molecule has 5 rings (SSSR count). The molecule has 0 amide bonds. The molecule has 0 spiro atoms. The fraction of sp³-hybridized carbons (Fsp3) is 0.346. The predicted octanol–water partition coefficient (Wildman–Crippen LogP) is 0.199. The van der Waals surface area contributed by atoms with Crippen molar-refractivity contribution in [2.75, 3.05) is 6.61 Å². The second-order valence-corrected chi connectivity index (χ2v) is 18.9. The molecule has 2 aliphatic rings. The van der Waals surface area contributed by atoms with E-state index in [0.717, 1.165) is 25.9 Å². The van der Waals surface area contributed by atoms with Crippen LogP contribution in [0.2, 0.25) is 32.7 Å². The maximum absolute atomic E-state index is 6.09. The van der Waals surface area contributed by atoms with Crippen LogP contribution in [-0.2, 0) is 30.6 Å². The first-order valence-corrected chi connectivity index (χ1v) is 17.4. The van der Waals surface area contributed by atoms with E-state index in [-0.39, 0.29) is 51.0 Å². The van der Waals surface area contributed by atoms with Crippen molar-refractivity contribution in [1.29, 1.82) is 0 Å². The molecule has 1 nitrogen and oxygen atoms in total. The molecule has 6 heteroatoms. The van der Waals surface area contributed by atoms with E-state index in [2.05, 4.69) is 81.3 Å². The summed E-state index contributed by atoms with van der Waals surface area (Å²) in [6, 6.07) is 13.9. The second-order valence-electron chi connectivity index (χ2n) is 10.2. The minimum Gasteiger partial charge on any atom is -1.00 e. The standard InChI is InChI=1S/C26H31OSi2.2ClH.Zr/c1-28(2,3)27-15-9-12-18-11-8-14-20(18)24-17-22-21-13-7-6-10-19(21)16-23(22)25-26(24)29(25,4)5;;;/h6-8,10-11,13,16-17H,9,12,14-15H2,1-5H3;2*1H;/q-1;;;+3/p-2. The maximum atomic E-state index is 6.09. The Morgan fingerprint density at radius 1 is 1.03 bits per heavy atom. The summed E-state index contributed by atoms with van der Waals surface area (Å²) >= 11 is 0. The van der Waals surface area contributed by atoms with Crippen molar-refractivity contribution in [2.24, 2.45) is 0 Å². The monoisotopic (exact) mass is 575 g/mol. The van der Waals surface area contributed by atoms with Gasteiger partial charge in [0.1, 0.15) is 0 Å². The average molecular weight is 578 g/mol. The quantitative estimate of drug-likeness (QED) is 0.231. The molecule has 0 N–H and O–H groups in total. The summed E-state index contributed by atoms with van der Waals surface area (Å²) in [5.74, 6) is 0. The second kappa shape index (κ2) is 10.1. The van der Waals surface area contributed by atoms with Crippen LogP contribution in [0.15, 0.2) is 54.1 Å². The number of hydrogen-bond donors (Lipinski definition) is 0. The van der Waals surface area contributed by atoms with Crippen molar-refractivity contribution in [1.82, 2.24) is 0 Å². The summed E-state index contributed by atoms with van der Waals surface area (Å²) < 4.78 is 6.09. The zero-order valence-corrected chi connectivity index (χ0v) is 25.6. The van der Waals surface area contributed by atoms with Gasteiger partial charge in [-0.3, -0.25) is 0 Å². The number of benzene rings is 2. The Hall–Kier alpha value is -0.353. The van der Waals surface area contributed by atoms with E-state index >= 15 is 0 Å². The Bertz CT molecular complexity index is 1200. The minimum absolute atomic E-state index is 0. The number of rotatable bonds is 6. The first kappa shape index (κ1) is 27.9. The molecular weight excluding hydrogens is 547 g/mol. The van der Waals surface area contributed by atoms with Crippen molar-refractivity contribution in [3.8, 4) is 0 Å². The van der Waals surface area contributed by atoms with Crippen LogP contribution in [0.1, 0.15) is 24.8 Å². The Morgan fingerprint density at radius 2 is 1.75 bits per heavy atom. The smallest absolute Gasteiger partial charge is 1.00 e. The van der Waals surface area contributed by atoms with Crippen LogP contribution in [0.4, 0.5) is 0 Å². The number of hydrogen-bond acceptors (Lipinski definition) is 1. The van der Waals surface area contributed by atoms with E-state index in [1.165, 1.54) is 21.5 Å². The largest absolute Gasteiger partial charge is 3.00 e. The molecule has 0 aromatic heterocycles. The van der Waals surface area contributed by atoms with Gasteiger partial charge in [-0.15, -0.1) is 38.9 Å². The molecule has 1 aliphatic carbocycles. The van der Waals surface area contributed by atoms with Crippen molar-refractivity contribution in [3.63, 3.8) is 0 Å². The van der Waals surface area contributed by atoms with Gasteiger partial charge < -0.3 is 29.2 Å². The molecule has 3 aromatic carbocycles. The van der Waals surface area contributed by atoms with E-state index in [4.69, 9.17) is 4.43 Å². The Morgan fingerprint density at radius 3 is 2.47 bits per heavy atom. The fourth-order valence-corrected chi connectivity index (χ4v) is 9.67. The van der Waals surface area contributed by atoms with Crippen LogP contribution >= 0.6 is 0 Å². The van der Waals surface area contributed by atoms with Crippen LogP contribution in [0, 0.1) is 0 Å². The number of fused-ring (bicyclic) bond motifs is 5. The molecule has 0 bridgehead atoms. The van der Waals surface area contributed by atoms with Crippen LogP contribution in [0.25, 0.3) is 27.1 Å². The van der Waals surface area contributed by atoms with E-state index in [1.807, 2.05) is 0 Å². The average Bonchev–Trinajstić information content (AvgIpc) is 3.02. The van der Waals surface area contributed by atoms with Gasteiger partial charge in [0.25, 0.3) is 0 Å². The van der Waals surface area contributed by atoms with Gasteiger partial charge in [-0.05, 0) is 55.6 Å². The maximum Gasteiger partial charge on any atom is 3.00 e. The molecular formula is C26H31Cl2OSi2Zr. The molecule has 0 atom stereocenters. The molecule has 32 heavy (non-hydrogen) atoms. The fourth-order valence-electron chi connectivity index (χ4n) is 5.18. The van der Waals surface area contributed by atoms with Gasteiger partial charge in [-0.2, -0.15) is 0 Å². The Labute approximate surface area is 226 Å². The molecule has 1 radical (unpaired) electrons. The SMILES string of the molecule is C[Si](C)(C)OCCCC1=C(c2cc3c([cH-]c4ccccc43)c3c2[Si]3(C)C)CC=C1.[Cl-].[Cl-].[Zr+3]. The first-order valence-electron chi connectivity index (χ1n) is 11.0. The van der Waals surface area contributed by atoms with Gasteiger partial charge in [-0.1, -0.05) is 54.7 Å². The third-order valence-electron chi connectivity index (χ3n) is 6.59. The number of allylic oxidation sites excluding steroid dienone is 4. The van der Waals surface area contributed by atoms with Crippen LogP contribution in [0.3, 0.4) is 0 Å². The molecule has 1 heterocycles. The molecule has 3 aromatic rings. The predicted molar refractivity (Wildman–Crippen MR) is 133 cm³/mol. The molecule has 0 saturated carbocycles. The third kappa shape index (κ3) is 4.87. The van der Waals surface area contributed by atoms with Gasteiger partial charge in [0.2, 0.25) is 0 Å². The van der Waals surface area contributed by atoms with Crippen LogP contribution in [0.5, 0.6) is 0 Å². The van der Waals surface area contributed by atoms with E-state index in [0.29, 0.717) is 0 Å². The first-order chi connectivity index (χ1) is 13.8. The van der Waals surface area contributed by atoms with Gasteiger partial charge in [0.05, 0.1) is 8.07 Å². The molecule has 0 unspecified atom stereocenters. The third-order valence-corrected chi connectivity index (χ3v) is 10.9. The van der Waals surface area contributed by atoms with Gasteiger partial charge in [-0.25, -0.2) is 0 Å². The van der Waals surface area contributed by atoms with Gasteiger partial charge in [0, 0.05) is 6.61 Å². The Balaban J connectivity index is 0.00000121. The van der Waals surface area contributed by atoms with Crippen molar-refractivity contribution >= 4 is 53.9 Å². The van der Waals surface area contributed by atoms with E-state index in [1.54, 1.807) is 27.1 Å². The summed E-state index contributed by atoms with van der Waals surface area (Å²) in [5, 5.41) is 9.23. The van der Waals surface area contributed by atoms with Gasteiger partial charge >= 0.3 is 26.2 Å². The molecule has 0 fully saturated rings. The summed E-state index contributed by atoms with van der Waals surface area (Å²) in [4.78, 5) is 0. The zero-order chi connectivity index (χ0) is 20.4. The van der Waals surface area contributed by atoms with Crippen molar-refractivity contribution in [3.05, 3.63) is 59.7 Å². The Kier molecular flexibility index (Phi) is 8.80.